The zero-order valence-electron chi connectivity index (χ0n) is 15.0. The van der Waals surface area contributed by atoms with Gasteiger partial charge in [0.25, 0.3) is 0 Å². The van der Waals surface area contributed by atoms with E-state index in [0.717, 1.165) is 24.8 Å². The van der Waals surface area contributed by atoms with Crippen LogP contribution >= 0.6 is 0 Å². The van der Waals surface area contributed by atoms with Crippen molar-refractivity contribution in [2.45, 2.75) is 43.6 Å². The van der Waals surface area contributed by atoms with Gasteiger partial charge in [-0.05, 0) is 37.0 Å². The molecule has 0 heterocycles. The van der Waals surface area contributed by atoms with E-state index in [9.17, 15) is 13.2 Å². The number of amides is 1. The van der Waals surface area contributed by atoms with Crippen LogP contribution in [0.4, 0.5) is 10.5 Å². The van der Waals surface area contributed by atoms with Gasteiger partial charge in [-0.15, -0.1) is 0 Å². The molecular weight excluding hydrogens is 364 g/mol. The lowest BCUT2D eigenvalue weighted by atomic mass is 9.94. The molecule has 0 saturated heterocycles. The van der Waals surface area contributed by atoms with Crippen LogP contribution in [0.5, 0.6) is 0 Å². The summed E-state index contributed by atoms with van der Waals surface area (Å²) < 4.78 is 33.0. The van der Waals surface area contributed by atoms with Gasteiger partial charge in [0.2, 0.25) is 10.0 Å². The van der Waals surface area contributed by atoms with Crippen molar-refractivity contribution in [1.29, 1.82) is 0 Å². The number of sulfonamides is 1. The predicted octanol–water partition coefficient (Wildman–Crippen LogP) is 3.67. The van der Waals surface area contributed by atoms with Gasteiger partial charge in [0.15, 0.2) is 0 Å². The van der Waals surface area contributed by atoms with Crippen molar-refractivity contribution in [3.8, 4) is 0 Å². The second-order valence-electron chi connectivity index (χ2n) is 6.74. The number of nitrogens with one attached hydrogen (secondary N) is 2. The van der Waals surface area contributed by atoms with Crippen LogP contribution in [0.2, 0.25) is 0 Å². The van der Waals surface area contributed by atoms with Gasteiger partial charge in [-0.2, -0.15) is 0 Å². The average Bonchev–Trinajstić information content (AvgIpc) is 2.62. The largest absolute Gasteiger partial charge is 0.446 e. The zero-order valence-corrected chi connectivity index (χ0v) is 15.8. The summed E-state index contributed by atoms with van der Waals surface area (Å²) in [4.78, 5) is 12.0. The molecule has 27 heavy (non-hydrogen) atoms. The molecule has 2 aromatic rings. The quantitative estimate of drug-likeness (QED) is 0.791. The monoisotopic (exact) mass is 388 g/mol. The number of hydrogen-bond acceptors (Lipinski definition) is 4. The first-order chi connectivity index (χ1) is 13.0. The molecular formula is C20H24N2O4S. The third-order valence-corrected chi connectivity index (χ3v) is 5.87. The molecule has 0 radical (unpaired) electrons. The first kappa shape index (κ1) is 19.4. The van der Waals surface area contributed by atoms with Crippen molar-refractivity contribution in [1.82, 2.24) is 4.72 Å². The van der Waals surface area contributed by atoms with Gasteiger partial charge in [0, 0.05) is 18.2 Å². The van der Waals surface area contributed by atoms with Crippen LogP contribution in [-0.4, -0.2) is 26.7 Å². The Hall–Kier alpha value is -2.38. The van der Waals surface area contributed by atoms with E-state index in [-0.39, 0.29) is 17.9 Å². The Morgan fingerprint density at radius 2 is 1.67 bits per heavy atom. The third-order valence-electron chi connectivity index (χ3n) is 4.47. The molecule has 7 heteroatoms. The van der Waals surface area contributed by atoms with Crippen molar-refractivity contribution >= 4 is 21.8 Å². The van der Waals surface area contributed by atoms with Crippen LogP contribution in [0.15, 0.2) is 60.7 Å². The molecule has 1 fully saturated rings. The van der Waals surface area contributed by atoms with E-state index in [1.54, 1.807) is 24.3 Å². The zero-order chi connectivity index (χ0) is 19.1. The topological polar surface area (TPSA) is 84.5 Å². The fourth-order valence-corrected chi connectivity index (χ4v) is 4.71. The van der Waals surface area contributed by atoms with Crippen molar-refractivity contribution in [2.24, 2.45) is 0 Å². The molecule has 0 spiro atoms. The van der Waals surface area contributed by atoms with E-state index in [1.807, 2.05) is 36.4 Å². The number of hydrogen-bond donors (Lipinski definition) is 2. The molecule has 0 bridgehead atoms. The van der Waals surface area contributed by atoms with E-state index >= 15 is 0 Å². The van der Waals surface area contributed by atoms with Gasteiger partial charge in [-0.3, -0.25) is 5.32 Å². The fraction of sp³-hybridized carbons (Fsp3) is 0.350. The molecule has 1 saturated carbocycles. The van der Waals surface area contributed by atoms with Gasteiger partial charge in [0.1, 0.15) is 6.10 Å². The van der Waals surface area contributed by atoms with Gasteiger partial charge < -0.3 is 4.74 Å². The summed E-state index contributed by atoms with van der Waals surface area (Å²) in [5.41, 5.74) is 1.41. The molecule has 2 N–H and O–H groups in total. The first-order valence-electron chi connectivity index (χ1n) is 9.07. The molecule has 2 aromatic carbocycles. The highest BCUT2D eigenvalue weighted by Gasteiger charge is 2.28. The minimum Gasteiger partial charge on any atom is -0.446 e. The maximum atomic E-state index is 12.4. The first-order valence-corrected chi connectivity index (χ1v) is 10.7. The molecule has 2 atom stereocenters. The van der Waals surface area contributed by atoms with Gasteiger partial charge in [-0.25, -0.2) is 17.9 Å². The molecule has 144 valence electrons. The Bertz CT molecular complexity index is 841. The molecule has 1 aliphatic rings. The molecule has 6 nitrogen and oxygen atoms in total. The Morgan fingerprint density at radius 1 is 1.00 bits per heavy atom. The summed E-state index contributed by atoms with van der Waals surface area (Å²) in [7, 11) is -3.44. The molecule has 3 rings (SSSR count). The van der Waals surface area contributed by atoms with E-state index < -0.39 is 16.1 Å². The van der Waals surface area contributed by atoms with Crippen molar-refractivity contribution in [3.05, 3.63) is 66.2 Å². The smallest absolute Gasteiger partial charge is 0.411 e. The summed E-state index contributed by atoms with van der Waals surface area (Å²) in [6, 6.07) is 17.9. The number of ether oxygens (including phenoxy) is 1. The standard InChI is InChI=1S/C20H24N2O4S/c23-20(21-17-10-5-2-6-11-17)26-19-13-7-12-18(14-19)22-27(24,25)15-16-8-3-1-4-9-16/h1-6,8-11,18-19,22H,7,12-15H2,(H,21,23)/t18-,19-/m1/s1. The van der Waals surface area contributed by atoms with E-state index in [1.165, 1.54) is 0 Å². The van der Waals surface area contributed by atoms with Crippen molar-refractivity contribution in [2.75, 3.05) is 5.32 Å². The Morgan fingerprint density at radius 3 is 2.37 bits per heavy atom. The van der Waals surface area contributed by atoms with Gasteiger partial charge >= 0.3 is 6.09 Å². The number of anilines is 1. The molecule has 0 aromatic heterocycles. The minimum atomic E-state index is -3.44. The van der Waals surface area contributed by atoms with Crippen LogP contribution < -0.4 is 10.0 Å². The number of benzene rings is 2. The highest BCUT2D eigenvalue weighted by molar-refractivity contribution is 7.88. The molecule has 1 amide bonds. The van der Waals surface area contributed by atoms with E-state index in [0.29, 0.717) is 12.1 Å². The molecule has 0 aliphatic heterocycles. The summed E-state index contributed by atoms with van der Waals surface area (Å²) in [5, 5.41) is 2.69. The maximum Gasteiger partial charge on any atom is 0.411 e. The highest BCUT2D eigenvalue weighted by atomic mass is 32.2. The normalized spacial score (nSPS) is 20.0. The van der Waals surface area contributed by atoms with E-state index in [2.05, 4.69) is 10.0 Å². The van der Waals surface area contributed by atoms with Crippen LogP contribution in [0.25, 0.3) is 0 Å². The number of para-hydroxylation sites is 1. The van der Waals surface area contributed by atoms with Crippen LogP contribution in [-0.2, 0) is 20.5 Å². The second kappa shape index (κ2) is 9.01. The molecule has 0 unspecified atom stereocenters. The second-order valence-corrected chi connectivity index (χ2v) is 8.50. The lowest BCUT2D eigenvalue weighted by Crippen LogP contribution is -2.41. The van der Waals surface area contributed by atoms with Crippen LogP contribution in [0.1, 0.15) is 31.2 Å². The number of carbonyl (C=O) groups excluding carboxylic acids is 1. The van der Waals surface area contributed by atoms with Gasteiger partial charge in [0.05, 0.1) is 5.75 Å². The minimum absolute atomic E-state index is 0.0512. The maximum absolute atomic E-state index is 12.4. The fourth-order valence-electron chi connectivity index (χ4n) is 3.27. The Balaban J connectivity index is 1.50. The lowest BCUT2D eigenvalue weighted by Gasteiger charge is -2.29. The average molecular weight is 388 g/mol. The Kier molecular flexibility index (Phi) is 6.47. The lowest BCUT2D eigenvalue weighted by molar-refractivity contribution is 0.0793. The van der Waals surface area contributed by atoms with Crippen LogP contribution in [0.3, 0.4) is 0 Å². The summed E-state index contributed by atoms with van der Waals surface area (Å²) in [5.74, 6) is -0.0512. The SMILES string of the molecule is O=C(Nc1ccccc1)O[C@@H]1CCC[C@@H](NS(=O)(=O)Cc2ccccc2)C1. The number of carbonyl (C=O) groups is 1. The van der Waals surface area contributed by atoms with Crippen molar-refractivity contribution in [3.63, 3.8) is 0 Å². The predicted molar refractivity (Wildman–Crippen MR) is 105 cm³/mol. The van der Waals surface area contributed by atoms with E-state index in [4.69, 9.17) is 4.74 Å². The highest BCUT2D eigenvalue weighted by Crippen LogP contribution is 2.23. The molecule has 1 aliphatic carbocycles. The van der Waals surface area contributed by atoms with Crippen molar-refractivity contribution < 1.29 is 17.9 Å². The summed E-state index contributed by atoms with van der Waals surface area (Å²) >= 11 is 0. The van der Waals surface area contributed by atoms with Gasteiger partial charge in [-0.1, -0.05) is 48.5 Å². The summed E-state index contributed by atoms with van der Waals surface area (Å²) in [6.07, 6.45) is 1.96. The summed E-state index contributed by atoms with van der Waals surface area (Å²) in [6.45, 7) is 0. The number of rotatable bonds is 6. The third kappa shape index (κ3) is 6.37. The Labute approximate surface area is 160 Å². The van der Waals surface area contributed by atoms with Crippen LogP contribution in [0, 0.1) is 0 Å².